The molecule has 1 heterocycles. The maximum Gasteiger partial charge on any atom is 0.253 e. The summed E-state index contributed by atoms with van der Waals surface area (Å²) in [7, 11) is 0. The maximum absolute atomic E-state index is 12.1. The second-order valence-corrected chi connectivity index (χ2v) is 5.58. The molecule has 1 rings (SSSR count). The number of nitrogens with one attached hydrogen (secondary N) is 1. The van der Waals surface area contributed by atoms with Gasteiger partial charge in [0.2, 0.25) is 0 Å². The number of nitrogens with zero attached hydrogens (tertiary/aromatic N) is 1. The van der Waals surface area contributed by atoms with Crippen LogP contribution in [0.3, 0.4) is 0 Å². The highest BCUT2D eigenvalue weighted by Gasteiger charge is 2.10. The van der Waals surface area contributed by atoms with Crippen LogP contribution in [0.2, 0.25) is 0 Å². The van der Waals surface area contributed by atoms with Gasteiger partial charge in [0.25, 0.3) is 5.91 Å². The smallest absolute Gasteiger partial charge is 0.253 e. The molecule has 2 N–H and O–H groups in total. The van der Waals surface area contributed by atoms with Crippen molar-refractivity contribution in [3.63, 3.8) is 0 Å². The Morgan fingerprint density at radius 1 is 1.33 bits per heavy atom. The first kappa shape index (κ1) is 17.2. The largest absolute Gasteiger partial charge is 0.395 e. The summed E-state index contributed by atoms with van der Waals surface area (Å²) in [6.45, 7) is 6.40. The molecule has 4 heteroatoms. The minimum atomic E-state index is -0.121. The van der Waals surface area contributed by atoms with Crippen molar-refractivity contribution in [1.29, 1.82) is 0 Å². The summed E-state index contributed by atoms with van der Waals surface area (Å²) in [5, 5.41) is 11.7. The summed E-state index contributed by atoms with van der Waals surface area (Å²) < 4.78 is 0. The molecule has 114 valence electrons. The van der Waals surface area contributed by atoms with Gasteiger partial charge in [0.05, 0.1) is 12.2 Å². The van der Waals surface area contributed by atoms with E-state index in [1.165, 1.54) is 0 Å². The Kier molecular flexibility index (Phi) is 7.49. The van der Waals surface area contributed by atoms with E-state index in [1.807, 2.05) is 6.92 Å². The SMILES string of the molecule is CC(C)CCC(C)NC(=O)c1cncc(C#CCCO)c1. The standard InChI is InChI=1S/C17H24N2O2/c1-13(2)7-8-14(3)19-17(21)16-10-15(11-18-12-16)6-4-5-9-20/h10-14,20H,5,7-9H2,1-3H3,(H,19,21). The van der Waals surface area contributed by atoms with E-state index in [1.54, 1.807) is 18.5 Å². The molecule has 0 spiro atoms. The second kappa shape index (κ2) is 9.15. The Morgan fingerprint density at radius 2 is 2.10 bits per heavy atom. The van der Waals surface area contributed by atoms with Gasteiger partial charge >= 0.3 is 0 Å². The minimum Gasteiger partial charge on any atom is -0.395 e. The molecule has 0 fully saturated rings. The van der Waals surface area contributed by atoms with Crippen molar-refractivity contribution in [3.8, 4) is 11.8 Å². The zero-order valence-electron chi connectivity index (χ0n) is 13.0. The lowest BCUT2D eigenvalue weighted by atomic mass is 10.0. The van der Waals surface area contributed by atoms with E-state index in [2.05, 4.69) is 36.0 Å². The summed E-state index contributed by atoms with van der Waals surface area (Å²) in [5.41, 5.74) is 1.20. The van der Waals surface area contributed by atoms with Crippen LogP contribution in [0.1, 0.15) is 56.0 Å². The van der Waals surface area contributed by atoms with E-state index in [0.29, 0.717) is 23.5 Å². The lowest BCUT2D eigenvalue weighted by molar-refractivity contribution is 0.0937. The van der Waals surface area contributed by atoms with Crippen LogP contribution >= 0.6 is 0 Å². The molecular formula is C17H24N2O2. The lowest BCUT2D eigenvalue weighted by Gasteiger charge is -2.15. The first-order valence-corrected chi connectivity index (χ1v) is 7.38. The van der Waals surface area contributed by atoms with Gasteiger partial charge in [0.1, 0.15) is 0 Å². The third kappa shape index (κ3) is 6.92. The number of aliphatic hydroxyl groups excluding tert-OH is 1. The Labute approximate surface area is 127 Å². The van der Waals surface area contributed by atoms with Crippen LogP contribution < -0.4 is 5.32 Å². The summed E-state index contributed by atoms with van der Waals surface area (Å²) in [6, 6.07) is 1.87. The van der Waals surface area contributed by atoms with Crippen molar-refractivity contribution < 1.29 is 9.90 Å². The fourth-order valence-corrected chi connectivity index (χ4v) is 1.82. The van der Waals surface area contributed by atoms with Crippen molar-refractivity contribution in [2.45, 2.75) is 46.1 Å². The van der Waals surface area contributed by atoms with E-state index in [4.69, 9.17) is 5.11 Å². The van der Waals surface area contributed by atoms with E-state index >= 15 is 0 Å². The molecule has 1 aromatic heterocycles. The molecule has 1 amide bonds. The predicted octanol–water partition coefficient (Wildman–Crippen LogP) is 2.37. The summed E-state index contributed by atoms with van der Waals surface area (Å²) in [5.74, 6) is 6.22. The first-order valence-electron chi connectivity index (χ1n) is 7.38. The third-order valence-corrected chi connectivity index (χ3v) is 3.02. The molecule has 0 aromatic carbocycles. The van der Waals surface area contributed by atoms with Crippen molar-refractivity contribution in [2.75, 3.05) is 6.61 Å². The zero-order chi connectivity index (χ0) is 15.7. The fourth-order valence-electron chi connectivity index (χ4n) is 1.82. The van der Waals surface area contributed by atoms with Gasteiger partial charge in [-0.3, -0.25) is 9.78 Å². The second-order valence-electron chi connectivity index (χ2n) is 5.58. The predicted molar refractivity (Wildman–Crippen MR) is 83.8 cm³/mol. The van der Waals surface area contributed by atoms with Crippen LogP contribution in [-0.2, 0) is 0 Å². The van der Waals surface area contributed by atoms with Crippen molar-refractivity contribution >= 4 is 5.91 Å². The average molecular weight is 288 g/mol. The van der Waals surface area contributed by atoms with E-state index in [-0.39, 0.29) is 18.6 Å². The van der Waals surface area contributed by atoms with Crippen molar-refractivity contribution in [3.05, 3.63) is 29.6 Å². The molecule has 0 saturated heterocycles. The Bertz CT molecular complexity index is 515. The fraction of sp³-hybridized carbons (Fsp3) is 0.529. The summed E-state index contributed by atoms with van der Waals surface area (Å²) >= 11 is 0. The van der Waals surface area contributed by atoms with Gasteiger partial charge in [-0.2, -0.15) is 0 Å². The molecule has 0 bridgehead atoms. The minimum absolute atomic E-state index is 0.0357. The van der Waals surface area contributed by atoms with Crippen LogP contribution in [0, 0.1) is 17.8 Å². The average Bonchev–Trinajstić information content (AvgIpc) is 2.46. The number of carbonyl (C=O) groups excluding carboxylic acids is 1. The number of amides is 1. The molecular weight excluding hydrogens is 264 g/mol. The molecule has 0 saturated carbocycles. The van der Waals surface area contributed by atoms with Crippen LogP contribution in [-0.4, -0.2) is 28.6 Å². The lowest BCUT2D eigenvalue weighted by Crippen LogP contribution is -2.32. The first-order chi connectivity index (χ1) is 10.0. The van der Waals surface area contributed by atoms with E-state index < -0.39 is 0 Å². The van der Waals surface area contributed by atoms with E-state index in [9.17, 15) is 4.79 Å². The normalized spacial score (nSPS) is 11.7. The zero-order valence-corrected chi connectivity index (χ0v) is 13.0. The molecule has 1 atom stereocenters. The van der Waals surface area contributed by atoms with Gasteiger partial charge in [-0.25, -0.2) is 0 Å². The molecule has 0 aliphatic carbocycles. The topological polar surface area (TPSA) is 62.2 Å². The Morgan fingerprint density at radius 3 is 2.76 bits per heavy atom. The number of pyridine rings is 1. The molecule has 0 aliphatic rings. The van der Waals surface area contributed by atoms with Crippen molar-refractivity contribution in [1.82, 2.24) is 10.3 Å². The molecule has 4 nitrogen and oxygen atoms in total. The Hall–Kier alpha value is -1.86. The molecule has 0 radical (unpaired) electrons. The number of rotatable bonds is 6. The number of aliphatic hydroxyl groups is 1. The highest BCUT2D eigenvalue weighted by molar-refractivity contribution is 5.94. The number of aromatic nitrogens is 1. The van der Waals surface area contributed by atoms with Gasteiger partial charge in [0, 0.05) is 30.4 Å². The van der Waals surface area contributed by atoms with Crippen LogP contribution in [0.5, 0.6) is 0 Å². The van der Waals surface area contributed by atoms with Crippen LogP contribution in [0.4, 0.5) is 0 Å². The molecule has 21 heavy (non-hydrogen) atoms. The molecule has 1 unspecified atom stereocenters. The van der Waals surface area contributed by atoms with E-state index in [0.717, 1.165) is 12.8 Å². The van der Waals surface area contributed by atoms with Crippen molar-refractivity contribution in [2.24, 2.45) is 5.92 Å². The van der Waals surface area contributed by atoms with Gasteiger partial charge in [-0.05, 0) is 31.7 Å². The van der Waals surface area contributed by atoms with Gasteiger partial charge in [-0.15, -0.1) is 0 Å². The third-order valence-electron chi connectivity index (χ3n) is 3.02. The quantitative estimate of drug-likeness (QED) is 0.790. The number of hydrogen-bond acceptors (Lipinski definition) is 3. The summed E-state index contributed by atoms with van der Waals surface area (Å²) in [6.07, 6.45) is 5.63. The van der Waals surface area contributed by atoms with Gasteiger partial charge in [0.15, 0.2) is 0 Å². The number of carbonyl (C=O) groups is 1. The summed E-state index contributed by atoms with van der Waals surface area (Å²) in [4.78, 5) is 16.2. The van der Waals surface area contributed by atoms with Crippen LogP contribution in [0.15, 0.2) is 18.5 Å². The van der Waals surface area contributed by atoms with Crippen LogP contribution in [0.25, 0.3) is 0 Å². The van der Waals surface area contributed by atoms with Gasteiger partial charge in [-0.1, -0.05) is 25.7 Å². The monoisotopic (exact) mass is 288 g/mol. The van der Waals surface area contributed by atoms with Gasteiger partial charge < -0.3 is 10.4 Å². The molecule has 1 aromatic rings. The number of hydrogen-bond donors (Lipinski definition) is 2. The maximum atomic E-state index is 12.1. The highest BCUT2D eigenvalue weighted by Crippen LogP contribution is 2.08. The molecule has 0 aliphatic heterocycles. The highest BCUT2D eigenvalue weighted by atomic mass is 16.2. The Balaban J connectivity index is 2.62.